The lowest BCUT2D eigenvalue weighted by Gasteiger charge is -2.07. The average Bonchev–Trinajstić information content (AvgIpc) is 3.07. The van der Waals surface area contributed by atoms with Gasteiger partial charge < -0.3 is 0 Å². The van der Waals surface area contributed by atoms with Gasteiger partial charge in [0.2, 0.25) is 0 Å². The summed E-state index contributed by atoms with van der Waals surface area (Å²) in [5.41, 5.74) is 1.66. The van der Waals surface area contributed by atoms with Crippen LogP contribution in [0.1, 0.15) is 17.2 Å². The molecular formula is C19H12BrF3N4. The van der Waals surface area contributed by atoms with Gasteiger partial charge >= 0.3 is 0 Å². The van der Waals surface area contributed by atoms with Crippen LogP contribution >= 0.6 is 15.9 Å². The molecule has 0 saturated carbocycles. The Morgan fingerprint density at radius 2 is 1.63 bits per heavy atom. The summed E-state index contributed by atoms with van der Waals surface area (Å²) in [4.78, 5) is 8.91. The maximum Gasteiger partial charge on any atom is 0.174 e. The van der Waals surface area contributed by atoms with E-state index in [1.165, 1.54) is 34.8 Å². The van der Waals surface area contributed by atoms with Crippen LogP contribution in [0.15, 0.2) is 46.9 Å². The van der Waals surface area contributed by atoms with Gasteiger partial charge in [-0.1, -0.05) is 6.07 Å². The Morgan fingerprint density at radius 1 is 0.963 bits per heavy atom. The van der Waals surface area contributed by atoms with Crippen molar-refractivity contribution in [2.45, 2.75) is 13.3 Å². The molecule has 0 radical (unpaired) electrons. The second-order valence-electron chi connectivity index (χ2n) is 5.97. The molecule has 2 aromatic carbocycles. The molecule has 0 bridgehead atoms. The molecule has 0 aliphatic carbocycles. The molecule has 2 heterocycles. The minimum atomic E-state index is -0.644. The molecule has 8 heteroatoms. The molecule has 0 N–H and O–H groups in total. The van der Waals surface area contributed by atoms with E-state index in [-0.39, 0.29) is 23.6 Å². The largest absolute Gasteiger partial charge is 0.232 e. The van der Waals surface area contributed by atoms with Gasteiger partial charge in [-0.2, -0.15) is 4.52 Å². The highest BCUT2D eigenvalue weighted by atomic mass is 79.9. The predicted molar refractivity (Wildman–Crippen MR) is 97.8 cm³/mol. The molecule has 4 nitrogen and oxygen atoms in total. The zero-order valence-electron chi connectivity index (χ0n) is 14.0. The zero-order valence-corrected chi connectivity index (χ0v) is 15.6. The molecule has 0 unspecified atom stereocenters. The molecule has 27 heavy (non-hydrogen) atoms. The smallest absolute Gasteiger partial charge is 0.174 e. The Bertz CT molecular complexity index is 1140. The van der Waals surface area contributed by atoms with Crippen LogP contribution in [-0.4, -0.2) is 19.6 Å². The van der Waals surface area contributed by atoms with E-state index >= 15 is 0 Å². The summed E-state index contributed by atoms with van der Waals surface area (Å²) in [6, 6.07) is 9.63. The first-order valence-electron chi connectivity index (χ1n) is 8.04. The third-order valence-electron chi connectivity index (χ3n) is 4.15. The molecule has 0 saturated heterocycles. The van der Waals surface area contributed by atoms with Gasteiger partial charge in [-0.05, 0) is 59.3 Å². The molecule has 0 amide bonds. The summed E-state index contributed by atoms with van der Waals surface area (Å²) < 4.78 is 43.1. The Morgan fingerprint density at radius 3 is 2.30 bits per heavy atom. The van der Waals surface area contributed by atoms with Crippen molar-refractivity contribution < 1.29 is 13.2 Å². The first kappa shape index (κ1) is 17.7. The summed E-state index contributed by atoms with van der Waals surface area (Å²) in [6.07, 6.45) is -0.0854. The standard InChI is InChI=1S/C19H12BrF3N4/c1-10-24-18(11-5-7-12(21)8-6-11)17(20)19-25-16(26-27(10)19)9-13-14(22)3-2-4-15(13)23/h2-8H,9H2,1H3. The monoisotopic (exact) mass is 432 g/mol. The molecule has 0 fully saturated rings. The van der Waals surface area contributed by atoms with Crippen molar-refractivity contribution in [3.63, 3.8) is 0 Å². The van der Waals surface area contributed by atoms with Crippen molar-refractivity contribution in [1.29, 1.82) is 0 Å². The van der Waals surface area contributed by atoms with E-state index in [2.05, 4.69) is 31.0 Å². The fourth-order valence-corrected chi connectivity index (χ4v) is 3.39. The second kappa shape index (κ2) is 6.77. The Kier molecular flexibility index (Phi) is 4.43. The maximum absolute atomic E-state index is 13.9. The van der Waals surface area contributed by atoms with Gasteiger partial charge in [-0.15, -0.1) is 5.10 Å². The van der Waals surface area contributed by atoms with Crippen LogP contribution in [0.3, 0.4) is 0 Å². The van der Waals surface area contributed by atoms with Crippen molar-refractivity contribution in [2.75, 3.05) is 0 Å². The van der Waals surface area contributed by atoms with E-state index in [4.69, 9.17) is 0 Å². The van der Waals surface area contributed by atoms with Crippen LogP contribution in [-0.2, 0) is 6.42 Å². The molecule has 4 rings (SSSR count). The van der Waals surface area contributed by atoms with Crippen molar-refractivity contribution >= 4 is 21.6 Å². The zero-order chi connectivity index (χ0) is 19.1. The lowest BCUT2D eigenvalue weighted by molar-refractivity contribution is 0.559. The van der Waals surface area contributed by atoms with Crippen molar-refractivity contribution in [3.05, 3.63) is 81.6 Å². The third-order valence-corrected chi connectivity index (χ3v) is 4.88. The Hall–Kier alpha value is -2.74. The number of benzene rings is 2. The lowest BCUT2D eigenvalue weighted by atomic mass is 10.1. The summed E-state index contributed by atoms with van der Waals surface area (Å²) in [6.45, 7) is 1.74. The van der Waals surface area contributed by atoms with Crippen molar-refractivity contribution in [2.24, 2.45) is 0 Å². The highest BCUT2D eigenvalue weighted by molar-refractivity contribution is 9.10. The van der Waals surface area contributed by atoms with Crippen LogP contribution in [0.2, 0.25) is 0 Å². The van der Waals surface area contributed by atoms with Crippen LogP contribution < -0.4 is 0 Å². The van der Waals surface area contributed by atoms with Gasteiger partial charge in [0.15, 0.2) is 11.5 Å². The van der Waals surface area contributed by atoms with E-state index in [0.717, 1.165) is 0 Å². The van der Waals surface area contributed by atoms with Crippen LogP contribution in [0.25, 0.3) is 16.9 Å². The summed E-state index contributed by atoms with van der Waals surface area (Å²) in [5.74, 6) is -0.824. The number of aryl methyl sites for hydroxylation is 1. The number of rotatable bonds is 3. The van der Waals surface area contributed by atoms with E-state index in [1.54, 1.807) is 19.1 Å². The van der Waals surface area contributed by atoms with Crippen LogP contribution in [0.4, 0.5) is 13.2 Å². The van der Waals surface area contributed by atoms with Gasteiger partial charge in [0.1, 0.15) is 23.3 Å². The minimum absolute atomic E-state index is 0.0854. The fourth-order valence-electron chi connectivity index (χ4n) is 2.82. The van der Waals surface area contributed by atoms with E-state index in [0.29, 0.717) is 27.2 Å². The fraction of sp³-hybridized carbons (Fsp3) is 0.105. The molecule has 0 spiro atoms. The second-order valence-corrected chi connectivity index (χ2v) is 6.76. The number of halogens is 4. The summed E-state index contributed by atoms with van der Waals surface area (Å²) >= 11 is 3.47. The molecule has 0 aliphatic rings. The molecule has 4 aromatic rings. The Labute approximate surface area is 160 Å². The molecular weight excluding hydrogens is 421 g/mol. The number of hydrogen-bond acceptors (Lipinski definition) is 3. The predicted octanol–water partition coefficient (Wildman–Crippen LogP) is 4.87. The van der Waals surface area contributed by atoms with Crippen LogP contribution in [0, 0.1) is 24.4 Å². The number of hydrogen-bond donors (Lipinski definition) is 0. The average molecular weight is 433 g/mol. The lowest BCUT2D eigenvalue weighted by Crippen LogP contribution is -2.02. The number of aromatic nitrogens is 4. The first-order chi connectivity index (χ1) is 12.9. The van der Waals surface area contributed by atoms with Gasteiger partial charge in [0, 0.05) is 17.5 Å². The Balaban J connectivity index is 1.82. The normalized spacial score (nSPS) is 11.3. The van der Waals surface area contributed by atoms with Crippen molar-refractivity contribution in [1.82, 2.24) is 19.6 Å². The molecule has 2 aromatic heterocycles. The van der Waals surface area contributed by atoms with E-state index in [1.807, 2.05) is 0 Å². The quantitative estimate of drug-likeness (QED) is 0.463. The van der Waals surface area contributed by atoms with Gasteiger partial charge in [0.05, 0.1) is 10.2 Å². The van der Waals surface area contributed by atoms with Crippen LogP contribution in [0.5, 0.6) is 0 Å². The number of nitrogens with zero attached hydrogens (tertiary/aromatic N) is 4. The van der Waals surface area contributed by atoms with E-state index in [9.17, 15) is 13.2 Å². The first-order valence-corrected chi connectivity index (χ1v) is 8.84. The molecule has 136 valence electrons. The topological polar surface area (TPSA) is 43.1 Å². The summed E-state index contributed by atoms with van der Waals surface area (Å²) in [7, 11) is 0. The molecule has 0 atom stereocenters. The maximum atomic E-state index is 13.9. The van der Waals surface area contributed by atoms with Gasteiger partial charge in [-0.25, -0.2) is 23.1 Å². The van der Waals surface area contributed by atoms with Gasteiger partial charge in [0.25, 0.3) is 0 Å². The number of fused-ring (bicyclic) bond motifs is 1. The van der Waals surface area contributed by atoms with Gasteiger partial charge in [-0.3, -0.25) is 0 Å². The minimum Gasteiger partial charge on any atom is -0.232 e. The highest BCUT2D eigenvalue weighted by Crippen LogP contribution is 2.30. The van der Waals surface area contributed by atoms with Crippen molar-refractivity contribution in [3.8, 4) is 11.3 Å². The SMILES string of the molecule is Cc1nc(-c2ccc(F)cc2)c(Br)c2nc(Cc3c(F)cccc3F)nn12. The molecule has 0 aliphatic heterocycles. The van der Waals surface area contributed by atoms with E-state index < -0.39 is 11.6 Å². The summed E-state index contributed by atoms with van der Waals surface area (Å²) in [5, 5.41) is 4.32. The highest BCUT2D eigenvalue weighted by Gasteiger charge is 2.18. The third kappa shape index (κ3) is 3.21.